The number of halogens is 2. The molecule has 10 heteroatoms. The van der Waals surface area contributed by atoms with Gasteiger partial charge in [-0.05, 0) is 47.9 Å². The summed E-state index contributed by atoms with van der Waals surface area (Å²) in [5.41, 5.74) is 8.66. The first-order chi connectivity index (χ1) is 17.3. The molecule has 1 aromatic heterocycles. The molecule has 1 heterocycles. The molecule has 36 heavy (non-hydrogen) atoms. The zero-order valence-electron chi connectivity index (χ0n) is 19.5. The normalized spacial score (nSPS) is 11.0. The van der Waals surface area contributed by atoms with Gasteiger partial charge in [0, 0.05) is 10.6 Å². The quantitative estimate of drug-likeness (QED) is 0.259. The van der Waals surface area contributed by atoms with Crippen molar-refractivity contribution in [1.29, 1.82) is 0 Å². The molecule has 0 saturated carbocycles. The Morgan fingerprint density at radius 2 is 1.75 bits per heavy atom. The Kier molecular flexibility index (Phi) is 7.98. The van der Waals surface area contributed by atoms with Crippen LogP contribution in [0.3, 0.4) is 0 Å². The van der Waals surface area contributed by atoms with Crippen LogP contribution in [-0.2, 0) is 4.79 Å². The number of benzene rings is 3. The fourth-order valence-electron chi connectivity index (χ4n) is 3.73. The van der Waals surface area contributed by atoms with Gasteiger partial charge in [-0.2, -0.15) is 0 Å². The number of para-hydroxylation sites is 2. The zero-order chi connectivity index (χ0) is 25.8. The molecule has 2 amide bonds. The van der Waals surface area contributed by atoms with E-state index in [-0.39, 0.29) is 23.1 Å². The summed E-state index contributed by atoms with van der Waals surface area (Å²) < 4.78 is 1.90. The van der Waals surface area contributed by atoms with Gasteiger partial charge >= 0.3 is 0 Å². The van der Waals surface area contributed by atoms with Gasteiger partial charge in [0.15, 0.2) is 11.0 Å². The van der Waals surface area contributed by atoms with Gasteiger partial charge in [0.25, 0.3) is 5.91 Å². The maximum atomic E-state index is 12.8. The summed E-state index contributed by atoms with van der Waals surface area (Å²) in [6.07, 6.45) is 0. The first-order valence-corrected chi connectivity index (χ1v) is 12.8. The Bertz CT molecular complexity index is 1440. The molecule has 0 atom stereocenters. The Morgan fingerprint density at radius 1 is 1.03 bits per heavy atom. The van der Waals surface area contributed by atoms with E-state index in [0.717, 1.165) is 11.3 Å². The van der Waals surface area contributed by atoms with E-state index in [0.29, 0.717) is 32.3 Å². The number of primary amides is 1. The summed E-state index contributed by atoms with van der Waals surface area (Å²) >= 11 is 13.8. The van der Waals surface area contributed by atoms with Crippen molar-refractivity contribution in [2.45, 2.75) is 24.9 Å². The SMILES string of the molecule is CC(C)c1ccccc1-n1c(SCC(=O)Nc2ccccc2C(N)=O)nnc1-c1ccc(Cl)cc1Cl. The number of nitrogens with two attached hydrogens (primary N) is 1. The third-order valence-corrected chi connectivity index (χ3v) is 6.88. The van der Waals surface area contributed by atoms with Gasteiger partial charge < -0.3 is 11.1 Å². The second-order valence-electron chi connectivity index (χ2n) is 8.23. The molecule has 0 spiro atoms. The molecule has 7 nitrogen and oxygen atoms in total. The largest absolute Gasteiger partial charge is 0.366 e. The lowest BCUT2D eigenvalue weighted by Crippen LogP contribution is -2.19. The van der Waals surface area contributed by atoms with E-state index in [1.54, 1.807) is 42.5 Å². The summed E-state index contributed by atoms with van der Waals surface area (Å²) in [7, 11) is 0. The highest BCUT2D eigenvalue weighted by atomic mass is 35.5. The number of carbonyl (C=O) groups is 2. The number of nitrogens with one attached hydrogen (secondary N) is 1. The van der Waals surface area contributed by atoms with Crippen LogP contribution in [0.25, 0.3) is 17.1 Å². The Morgan fingerprint density at radius 3 is 2.47 bits per heavy atom. The van der Waals surface area contributed by atoms with Gasteiger partial charge in [0.1, 0.15) is 0 Å². The van der Waals surface area contributed by atoms with Gasteiger partial charge in [-0.15, -0.1) is 10.2 Å². The van der Waals surface area contributed by atoms with Crippen molar-refractivity contribution in [2.75, 3.05) is 11.1 Å². The van der Waals surface area contributed by atoms with Crippen LogP contribution in [0.5, 0.6) is 0 Å². The Balaban J connectivity index is 1.70. The Labute approximate surface area is 223 Å². The van der Waals surface area contributed by atoms with Crippen LogP contribution >= 0.6 is 35.0 Å². The van der Waals surface area contributed by atoms with Crippen LogP contribution < -0.4 is 11.1 Å². The minimum atomic E-state index is -0.618. The topological polar surface area (TPSA) is 103 Å². The van der Waals surface area contributed by atoms with E-state index >= 15 is 0 Å². The van der Waals surface area contributed by atoms with Crippen LogP contribution in [0.4, 0.5) is 5.69 Å². The second kappa shape index (κ2) is 11.2. The minimum absolute atomic E-state index is 0.0312. The molecule has 3 N–H and O–H groups in total. The van der Waals surface area contributed by atoms with E-state index in [1.165, 1.54) is 11.8 Å². The average Bonchev–Trinajstić information content (AvgIpc) is 3.26. The van der Waals surface area contributed by atoms with Gasteiger partial charge in [0.05, 0.1) is 27.7 Å². The van der Waals surface area contributed by atoms with E-state index in [1.807, 2.05) is 22.8 Å². The predicted octanol–water partition coefficient (Wildman–Crippen LogP) is 6.19. The monoisotopic (exact) mass is 539 g/mol. The third kappa shape index (κ3) is 5.56. The number of thioether (sulfide) groups is 1. The molecule has 0 aliphatic heterocycles. The highest BCUT2D eigenvalue weighted by Gasteiger charge is 2.22. The maximum Gasteiger partial charge on any atom is 0.250 e. The van der Waals surface area contributed by atoms with Crippen LogP contribution in [0, 0.1) is 0 Å². The average molecular weight is 540 g/mol. The van der Waals surface area contributed by atoms with Crippen LogP contribution in [-0.4, -0.2) is 32.3 Å². The standard InChI is InChI=1S/C26H23Cl2N5O2S/c1-15(2)17-7-4-6-10-22(17)33-25(18-12-11-16(27)13-20(18)28)31-32-26(33)36-14-23(34)30-21-9-5-3-8-19(21)24(29)35/h3-13,15H,14H2,1-2H3,(H2,29,35)(H,30,34). The van der Waals surface area contributed by atoms with Crippen LogP contribution in [0.2, 0.25) is 10.0 Å². The molecule has 3 aromatic carbocycles. The lowest BCUT2D eigenvalue weighted by atomic mass is 10.0. The molecule has 0 unspecified atom stereocenters. The van der Waals surface area contributed by atoms with Crippen molar-refractivity contribution in [3.05, 3.63) is 87.9 Å². The number of carbonyl (C=O) groups excluding carboxylic acids is 2. The van der Waals surface area contributed by atoms with Crippen molar-refractivity contribution < 1.29 is 9.59 Å². The second-order valence-corrected chi connectivity index (χ2v) is 10.0. The Hall–Kier alpha value is -3.33. The van der Waals surface area contributed by atoms with Crippen molar-refractivity contribution in [1.82, 2.24) is 14.8 Å². The minimum Gasteiger partial charge on any atom is -0.366 e. The number of amides is 2. The third-order valence-electron chi connectivity index (χ3n) is 5.40. The van der Waals surface area contributed by atoms with E-state index in [4.69, 9.17) is 28.9 Å². The molecule has 0 saturated heterocycles. The highest BCUT2D eigenvalue weighted by Crippen LogP contribution is 2.35. The van der Waals surface area contributed by atoms with Gasteiger partial charge in [-0.1, -0.05) is 79.1 Å². The lowest BCUT2D eigenvalue weighted by molar-refractivity contribution is -0.113. The predicted molar refractivity (Wildman–Crippen MR) is 145 cm³/mol. The fraction of sp³-hybridized carbons (Fsp3) is 0.154. The fourth-order valence-corrected chi connectivity index (χ4v) is 4.97. The first kappa shape index (κ1) is 25.8. The lowest BCUT2D eigenvalue weighted by Gasteiger charge is -2.17. The molecule has 4 aromatic rings. The number of hydrogen-bond acceptors (Lipinski definition) is 5. The van der Waals surface area contributed by atoms with Gasteiger partial charge in [-0.25, -0.2) is 0 Å². The van der Waals surface area contributed by atoms with Crippen LogP contribution in [0.15, 0.2) is 71.9 Å². The van der Waals surface area contributed by atoms with Gasteiger partial charge in [-0.3, -0.25) is 14.2 Å². The maximum absolute atomic E-state index is 12.8. The highest BCUT2D eigenvalue weighted by molar-refractivity contribution is 7.99. The summed E-state index contributed by atoms with van der Waals surface area (Å²) in [5, 5.41) is 13.0. The number of hydrogen-bond donors (Lipinski definition) is 2. The molecule has 0 bridgehead atoms. The molecule has 0 aliphatic carbocycles. The number of rotatable bonds is 8. The van der Waals surface area contributed by atoms with E-state index in [2.05, 4.69) is 35.4 Å². The number of nitrogens with zero attached hydrogens (tertiary/aromatic N) is 3. The molecule has 4 rings (SSSR count). The molecule has 184 valence electrons. The summed E-state index contributed by atoms with van der Waals surface area (Å²) in [6.45, 7) is 4.21. The van der Waals surface area contributed by atoms with Crippen molar-refractivity contribution in [3.63, 3.8) is 0 Å². The van der Waals surface area contributed by atoms with Crippen molar-refractivity contribution >= 4 is 52.5 Å². The van der Waals surface area contributed by atoms with Crippen LogP contribution in [0.1, 0.15) is 35.7 Å². The molecular formula is C26H23Cl2N5O2S. The molecule has 0 aliphatic rings. The van der Waals surface area contributed by atoms with Crippen molar-refractivity contribution in [2.24, 2.45) is 5.73 Å². The molecule has 0 radical (unpaired) electrons. The smallest absolute Gasteiger partial charge is 0.250 e. The van der Waals surface area contributed by atoms with E-state index < -0.39 is 5.91 Å². The number of anilines is 1. The zero-order valence-corrected chi connectivity index (χ0v) is 21.9. The summed E-state index contributed by atoms with van der Waals surface area (Å²) in [5.74, 6) is -0.140. The molecule has 0 fully saturated rings. The van der Waals surface area contributed by atoms with E-state index in [9.17, 15) is 9.59 Å². The first-order valence-electron chi connectivity index (χ1n) is 11.1. The summed E-state index contributed by atoms with van der Waals surface area (Å²) in [6, 6.07) is 19.7. The molecular weight excluding hydrogens is 517 g/mol. The van der Waals surface area contributed by atoms with Crippen molar-refractivity contribution in [3.8, 4) is 17.1 Å². The number of aromatic nitrogens is 3. The summed E-state index contributed by atoms with van der Waals surface area (Å²) in [4.78, 5) is 24.5. The van der Waals surface area contributed by atoms with Gasteiger partial charge in [0.2, 0.25) is 5.91 Å².